The van der Waals surface area contributed by atoms with Crippen LogP contribution in [0.15, 0.2) is 0 Å². The van der Waals surface area contributed by atoms with Gasteiger partial charge in [0.15, 0.2) is 0 Å². The molecule has 0 aliphatic carbocycles. The van der Waals surface area contributed by atoms with Crippen LogP contribution in [-0.2, 0) is 4.79 Å². The molecule has 2 unspecified atom stereocenters. The monoisotopic (exact) mass is 218 g/mol. The first-order chi connectivity index (χ1) is 6.61. The Morgan fingerprint density at radius 3 is 2.57 bits per heavy atom. The van der Waals surface area contributed by atoms with E-state index >= 15 is 0 Å². The summed E-state index contributed by atoms with van der Waals surface area (Å²) < 4.78 is 0. The van der Waals surface area contributed by atoms with Crippen molar-refractivity contribution < 1.29 is 4.79 Å². The fraction of sp³-hybridized carbons (Fsp3) is 0.900. The van der Waals surface area contributed by atoms with E-state index < -0.39 is 0 Å². The maximum absolute atomic E-state index is 11.3. The van der Waals surface area contributed by atoms with Crippen LogP contribution in [-0.4, -0.2) is 36.5 Å². The summed E-state index contributed by atoms with van der Waals surface area (Å²) in [4.78, 5) is 11.3. The van der Waals surface area contributed by atoms with Gasteiger partial charge in [0.2, 0.25) is 5.91 Å². The van der Waals surface area contributed by atoms with Gasteiger partial charge in [0.05, 0.1) is 6.04 Å². The van der Waals surface area contributed by atoms with Crippen molar-refractivity contribution in [2.45, 2.75) is 38.5 Å². The summed E-state index contributed by atoms with van der Waals surface area (Å²) in [5, 5.41) is 6.65. The first kappa shape index (κ1) is 13.8. The summed E-state index contributed by atoms with van der Waals surface area (Å²) in [6.45, 7) is 7.63. The number of amides is 1. The van der Waals surface area contributed by atoms with E-state index in [1.165, 1.54) is 0 Å². The van der Waals surface area contributed by atoms with Gasteiger partial charge in [0.25, 0.3) is 0 Å². The molecule has 3 nitrogen and oxygen atoms in total. The summed E-state index contributed by atoms with van der Waals surface area (Å²) in [7, 11) is 0. The van der Waals surface area contributed by atoms with Crippen molar-refractivity contribution in [1.82, 2.24) is 10.6 Å². The minimum absolute atomic E-state index is 0.0796. The first-order valence-corrected chi connectivity index (χ1v) is 6.44. The Balaban J connectivity index is 3.52. The normalized spacial score (nSPS) is 14.9. The molecule has 0 aromatic heterocycles. The van der Waals surface area contributed by atoms with E-state index in [1.807, 2.05) is 25.6 Å². The molecule has 0 bridgehead atoms. The van der Waals surface area contributed by atoms with E-state index in [2.05, 4.69) is 23.8 Å². The maximum atomic E-state index is 11.3. The highest BCUT2D eigenvalue weighted by Crippen LogP contribution is 2.07. The molecule has 14 heavy (non-hydrogen) atoms. The van der Waals surface area contributed by atoms with Gasteiger partial charge >= 0.3 is 0 Å². The van der Waals surface area contributed by atoms with Crippen LogP contribution in [0.2, 0.25) is 0 Å². The second kappa shape index (κ2) is 8.12. The van der Waals surface area contributed by atoms with Crippen molar-refractivity contribution in [2.24, 2.45) is 0 Å². The molecule has 0 aromatic rings. The topological polar surface area (TPSA) is 41.1 Å². The van der Waals surface area contributed by atoms with E-state index in [9.17, 15) is 4.79 Å². The van der Waals surface area contributed by atoms with Gasteiger partial charge in [0.1, 0.15) is 0 Å². The van der Waals surface area contributed by atoms with E-state index in [0.29, 0.717) is 11.8 Å². The highest BCUT2D eigenvalue weighted by atomic mass is 32.2. The molecule has 0 rings (SSSR count). The van der Waals surface area contributed by atoms with Crippen molar-refractivity contribution >= 4 is 17.7 Å². The predicted molar refractivity (Wildman–Crippen MR) is 63.7 cm³/mol. The minimum Gasteiger partial charge on any atom is -0.355 e. The Hall–Kier alpha value is -0.220. The molecule has 0 aliphatic rings. The third-order valence-corrected chi connectivity index (χ3v) is 3.19. The molecule has 2 atom stereocenters. The predicted octanol–water partition coefficient (Wildman–Crippen LogP) is 1.24. The SMILES string of the molecule is CCNC(=O)C(C)NCCC(C)SC. The standard InChI is InChI=1S/C10H22N2OS/c1-5-11-10(13)9(3)12-7-6-8(2)14-4/h8-9,12H,5-7H2,1-4H3,(H,11,13). The van der Waals surface area contributed by atoms with Gasteiger partial charge in [-0.3, -0.25) is 4.79 Å². The average molecular weight is 218 g/mol. The molecule has 4 heteroatoms. The summed E-state index contributed by atoms with van der Waals surface area (Å²) in [6.07, 6.45) is 3.21. The molecule has 0 saturated carbocycles. The van der Waals surface area contributed by atoms with Crippen LogP contribution in [0.25, 0.3) is 0 Å². The van der Waals surface area contributed by atoms with Gasteiger partial charge in [-0.05, 0) is 33.1 Å². The molecule has 84 valence electrons. The second-order valence-corrected chi connectivity index (χ2v) is 4.68. The lowest BCUT2D eigenvalue weighted by Crippen LogP contribution is -2.42. The zero-order chi connectivity index (χ0) is 11.0. The van der Waals surface area contributed by atoms with Gasteiger partial charge in [-0.2, -0.15) is 11.8 Å². The van der Waals surface area contributed by atoms with Crippen molar-refractivity contribution in [3.05, 3.63) is 0 Å². The number of likely N-dealkylation sites (N-methyl/N-ethyl adjacent to an activating group) is 1. The Labute approximate surface area is 91.4 Å². The van der Waals surface area contributed by atoms with Gasteiger partial charge in [-0.15, -0.1) is 0 Å². The van der Waals surface area contributed by atoms with Crippen LogP contribution >= 0.6 is 11.8 Å². The number of carbonyl (C=O) groups is 1. The summed E-state index contributed by atoms with van der Waals surface area (Å²) in [5.74, 6) is 0.0873. The van der Waals surface area contributed by atoms with Gasteiger partial charge < -0.3 is 10.6 Å². The molecule has 0 heterocycles. The zero-order valence-corrected chi connectivity index (χ0v) is 10.4. The summed E-state index contributed by atoms with van der Waals surface area (Å²) >= 11 is 1.85. The largest absolute Gasteiger partial charge is 0.355 e. The molecule has 0 saturated heterocycles. The van der Waals surface area contributed by atoms with E-state index in [-0.39, 0.29) is 11.9 Å². The Morgan fingerprint density at radius 2 is 2.07 bits per heavy atom. The first-order valence-electron chi connectivity index (χ1n) is 5.15. The third-order valence-electron chi connectivity index (χ3n) is 2.15. The molecule has 2 N–H and O–H groups in total. The molecule has 0 fully saturated rings. The minimum atomic E-state index is -0.0796. The highest BCUT2D eigenvalue weighted by molar-refractivity contribution is 7.99. The number of hydrogen-bond donors (Lipinski definition) is 2. The lowest BCUT2D eigenvalue weighted by Gasteiger charge is -2.14. The van der Waals surface area contributed by atoms with Crippen LogP contribution in [0, 0.1) is 0 Å². The highest BCUT2D eigenvalue weighted by Gasteiger charge is 2.10. The maximum Gasteiger partial charge on any atom is 0.236 e. The van der Waals surface area contributed by atoms with E-state index in [1.54, 1.807) is 0 Å². The molecule has 0 radical (unpaired) electrons. The fourth-order valence-electron chi connectivity index (χ4n) is 1.04. The van der Waals surface area contributed by atoms with E-state index in [4.69, 9.17) is 0 Å². The van der Waals surface area contributed by atoms with Crippen molar-refractivity contribution in [3.63, 3.8) is 0 Å². The van der Waals surface area contributed by atoms with Crippen LogP contribution in [0.3, 0.4) is 0 Å². The number of nitrogens with one attached hydrogen (secondary N) is 2. The molecule has 0 aliphatic heterocycles. The summed E-state index contributed by atoms with van der Waals surface area (Å²) in [5.41, 5.74) is 0. The van der Waals surface area contributed by atoms with Gasteiger partial charge in [-0.1, -0.05) is 6.92 Å². The quantitative estimate of drug-likeness (QED) is 0.675. The Morgan fingerprint density at radius 1 is 1.43 bits per heavy atom. The lowest BCUT2D eigenvalue weighted by molar-refractivity contribution is -0.122. The van der Waals surface area contributed by atoms with Crippen LogP contribution in [0.5, 0.6) is 0 Å². The zero-order valence-electron chi connectivity index (χ0n) is 9.59. The number of rotatable bonds is 7. The third kappa shape index (κ3) is 6.27. The van der Waals surface area contributed by atoms with Crippen LogP contribution in [0.4, 0.5) is 0 Å². The summed E-state index contributed by atoms with van der Waals surface area (Å²) in [6, 6.07) is -0.0796. The van der Waals surface area contributed by atoms with Crippen LogP contribution < -0.4 is 10.6 Å². The smallest absolute Gasteiger partial charge is 0.236 e. The number of thioether (sulfide) groups is 1. The van der Waals surface area contributed by atoms with Gasteiger partial charge in [0, 0.05) is 11.8 Å². The molecular weight excluding hydrogens is 196 g/mol. The van der Waals surface area contributed by atoms with Crippen molar-refractivity contribution in [2.75, 3.05) is 19.3 Å². The molecular formula is C10H22N2OS. The van der Waals surface area contributed by atoms with Crippen molar-refractivity contribution in [1.29, 1.82) is 0 Å². The second-order valence-electron chi connectivity index (χ2n) is 3.41. The number of hydrogen-bond acceptors (Lipinski definition) is 3. The molecule has 0 spiro atoms. The Bertz CT molecular complexity index is 164. The Kier molecular flexibility index (Phi) is 7.99. The van der Waals surface area contributed by atoms with E-state index in [0.717, 1.165) is 13.0 Å². The lowest BCUT2D eigenvalue weighted by atomic mass is 10.2. The molecule has 1 amide bonds. The average Bonchev–Trinajstić information content (AvgIpc) is 2.17. The fourth-order valence-corrected chi connectivity index (χ4v) is 1.39. The number of carbonyl (C=O) groups excluding carboxylic acids is 1. The van der Waals surface area contributed by atoms with Crippen molar-refractivity contribution in [3.8, 4) is 0 Å². The van der Waals surface area contributed by atoms with Gasteiger partial charge in [-0.25, -0.2) is 0 Å². The van der Waals surface area contributed by atoms with Crippen LogP contribution in [0.1, 0.15) is 27.2 Å². The molecule has 0 aromatic carbocycles.